The highest BCUT2D eigenvalue weighted by Gasteiger charge is 2.24. The van der Waals surface area contributed by atoms with Crippen molar-refractivity contribution in [1.29, 1.82) is 0 Å². The van der Waals surface area contributed by atoms with E-state index in [0.29, 0.717) is 24.5 Å². The van der Waals surface area contributed by atoms with Crippen molar-refractivity contribution in [3.8, 4) is 5.75 Å². The lowest BCUT2D eigenvalue weighted by Gasteiger charge is -2.14. The fourth-order valence-corrected chi connectivity index (χ4v) is 2.13. The second kappa shape index (κ2) is 6.45. The maximum Gasteiger partial charge on any atom is 0.223 e. The molecule has 1 aromatic carbocycles. The summed E-state index contributed by atoms with van der Waals surface area (Å²) in [7, 11) is 0. The van der Waals surface area contributed by atoms with Gasteiger partial charge in [0.05, 0.1) is 18.7 Å². The van der Waals surface area contributed by atoms with E-state index in [1.54, 1.807) is 6.07 Å². The van der Waals surface area contributed by atoms with Crippen LogP contribution in [0.1, 0.15) is 32.6 Å². The summed E-state index contributed by atoms with van der Waals surface area (Å²) >= 11 is 0. The molecule has 0 aliphatic heterocycles. The Morgan fingerprint density at radius 3 is 2.89 bits per heavy atom. The van der Waals surface area contributed by atoms with Crippen molar-refractivity contribution < 1.29 is 9.53 Å². The van der Waals surface area contributed by atoms with Gasteiger partial charge < -0.3 is 15.8 Å². The molecule has 1 saturated carbocycles. The number of carbonyl (C=O) groups excluding carboxylic acids is 1. The first-order chi connectivity index (χ1) is 9.15. The van der Waals surface area contributed by atoms with Gasteiger partial charge in [0, 0.05) is 6.04 Å². The van der Waals surface area contributed by atoms with E-state index in [-0.39, 0.29) is 11.9 Å². The van der Waals surface area contributed by atoms with Gasteiger partial charge in [0.2, 0.25) is 5.91 Å². The minimum absolute atomic E-state index is 0.0441. The van der Waals surface area contributed by atoms with E-state index in [0.717, 1.165) is 12.3 Å². The van der Waals surface area contributed by atoms with Crippen LogP contribution in [0.3, 0.4) is 0 Å². The molecule has 3 N–H and O–H groups in total. The third-order valence-electron chi connectivity index (χ3n) is 3.30. The van der Waals surface area contributed by atoms with E-state index < -0.39 is 0 Å². The molecule has 1 atom stereocenters. The van der Waals surface area contributed by atoms with Gasteiger partial charge in [-0.3, -0.25) is 4.79 Å². The number of hydrogen-bond donors (Lipinski definition) is 2. The zero-order chi connectivity index (χ0) is 13.7. The van der Waals surface area contributed by atoms with Gasteiger partial charge >= 0.3 is 0 Å². The molecule has 1 aliphatic carbocycles. The van der Waals surface area contributed by atoms with Crippen molar-refractivity contribution in [2.45, 2.75) is 38.6 Å². The molecule has 1 fully saturated rings. The van der Waals surface area contributed by atoms with E-state index in [1.165, 1.54) is 12.8 Å². The Kier molecular flexibility index (Phi) is 4.66. The van der Waals surface area contributed by atoms with Crippen LogP contribution in [0.2, 0.25) is 0 Å². The number of para-hydroxylation sites is 2. The number of rotatable bonds is 7. The molecule has 4 nitrogen and oxygen atoms in total. The van der Waals surface area contributed by atoms with Crippen LogP contribution in [-0.2, 0) is 4.79 Å². The van der Waals surface area contributed by atoms with Crippen molar-refractivity contribution in [3.63, 3.8) is 0 Å². The van der Waals surface area contributed by atoms with Crippen LogP contribution in [0.4, 0.5) is 5.69 Å². The fourth-order valence-electron chi connectivity index (χ4n) is 2.13. The summed E-state index contributed by atoms with van der Waals surface area (Å²) in [5.41, 5.74) is 6.36. The topological polar surface area (TPSA) is 64.3 Å². The smallest absolute Gasteiger partial charge is 0.223 e. The first kappa shape index (κ1) is 13.7. The van der Waals surface area contributed by atoms with Crippen LogP contribution in [0.15, 0.2) is 24.3 Å². The van der Waals surface area contributed by atoms with Crippen molar-refractivity contribution in [3.05, 3.63) is 24.3 Å². The fraction of sp³-hybridized carbons (Fsp3) is 0.533. The molecule has 0 bridgehead atoms. The summed E-state index contributed by atoms with van der Waals surface area (Å²) < 4.78 is 5.50. The molecule has 0 heterocycles. The van der Waals surface area contributed by atoms with Crippen LogP contribution >= 0.6 is 0 Å². The Bertz CT molecular complexity index is 430. The number of ether oxygens (including phenoxy) is 1. The molecule has 1 aliphatic rings. The van der Waals surface area contributed by atoms with E-state index in [4.69, 9.17) is 10.5 Å². The monoisotopic (exact) mass is 262 g/mol. The number of benzene rings is 1. The van der Waals surface area contributed by atoms with Gasteiger partial charge in [0.1, 0.15) is 5.75 Å². The number of nitrogens with one attached hydrogen (secondary N) is 1. The largest absolute Gasteiger partial charge is 0.491 e. The Labute approximate surface area is 114 Å². The number of hydrogen-bond acceptors (Lipinski definition) is 3. The van der Waals surface area contributed by atoms with E-state index >= 15 is 0 Å². The van der Waals surface area contributed by atoms with Crippen LogP contribution in [-0.4, -0.2) is 18.6 Å². The van der Waals surface area contributed by atoms with Gasteiger partial charge in [-0.2, -0.15) is 0 Å². The normalized spacial score (nSPS) is 15.8. The lowest BCUT2D eigenvalue weighted by molar-refractivity contribution is -0.122. The standard InChI is InChI=1S/C15H22N2O2/c1-11(10-12-6-7-12)17-15(18)8-9-19-14-5-3-2-4-13(14)16/h2-5,11-12H,6-10,16H2,1H3,(H,17,18). The number of nitrogen functional groups attached to an aromatic ring is 1. The molecule has 1 unspecified atom stereocenters. The molecule has 19 heavy (non-hydrogen) atoms. The van der Waals surface area contributed by atoms with Crippen LogP contribution in [0.25, 0.3) is 0 Å². The summed E-state index contributed by atoms with van der Waals surface area (Å²) in [6.07, 6.45) is 4.09. The molecular weight excluding hydrogens is 240 g/mol. The Balaban J connectivity index is 1.64. The molecule has 104 valence electrons. The van der Waals surface area contributed by atoms with E-state index in [1.807, 2.05) is 18.2 Å². The lowest BCUT2D eigenvalue weighted by atomic mass is 10.1. The minimum Gasteiger partial charge on any atom is -0.491 e. The highest BCUT2D eigenvalue weighted by molar-refractivity contribution is 5.76. The lowest BCUT2D eigenvalue weighted by Crippen LogP contribution is -2.33. The summed E-state index contributed by atoms with van der Waals surface area (Å²) in [4.78, 5) is 11.7. The second-order valence-corrected chi connectivity index (χ2v) is 5.28. The summed E-state index contributed by atoms with van der Waals surface area (Å²) in [5, 5.41) is 3.00. The number of anilines is 1. The molecule has 2 rings (SSSR count). The molecule has 1 amide bonds. The average Bonchev–Trinajstić information content (AvgIpc) is 3.15. The molecule has 4 heteroatoms. The average molecular weight is 262 g/mol. The van der Waals surface area contributed by atoms with Gasteiger partial charge in [-0.05, 0) is 31.4 Å². The maximum atomic E-state index is 11.7. The van der Waals surface area contributed by atoms with Gasteiger partial charge in [0.15, 0.2) is 0 Å². The highest BCUT2D eigenvalue weighted by Crippen LogP contribution is 2.33. The SMILES string of the molecule is CC(CC1CC1)NC(=O)CCOc1ccccc1N. The first-order valence-electron chi connectivity index (χ1n) is 6.92. The number of carbonyl (C=O) groups is 1. The van der Waals surface area contributed by atoms with Crippen LogP contribution in [0.5, 0.6) is 5.75 Å². The molecule has 0 saturated heterocycles. The maximum absolute atomic E-state index is 11.7. The number of amides is 1. The summed E-state index contributed by atoms with van der Waals surface area (Å²) in [5.74, 6) is 1.51. The van der Waals surface area contributed by atoms with Gasteiger partial charge in [-0.25, -0.2) is 0 Å². The molecule has 0 spiro atoms. The first-order valence-corrected chi connectivity index (χ1v) is 6.92. The molecule has 1 aromatic rings. The minimum atomic E-state index is 0.0441. The van der Waals surface area contributed by atoms with Crippen molar-refractivity contribution in [1.82, 2.24) is 5.32 Å². The highest BCUT2D eigenvalue weighted by atomic mass is 16.5. The third-order valence-corrected chi connectivity index (χ3v) is 3.30. The van der Waals surface area contributed by atoms with Gasteiger partial charge in [0.25, 0.3) is 0 Å². The van der Waals surface area contributed by atoms with Crippen molar-refractivity contribution in [2.75, 3.05) is 12.3 Å². The molecule has 0 aromatic heterocycles. The van der Waals surface area contributed by atoms with Crippen LogP contribution in [0, 0.1) is 5.92 Å². The predicted octanol–water partition coefficient (Wildman–Crippen LogP) is 2.34. The quantitative estimate of drug-likeness (QED) is 0.741. The zero-order valence-corrected chi connectivity index (χ0v) is 11.4. The van der Waals surface area contributed by atoms with Crippen molar-refractivity contribution in [2.24, 2.45) is 5.92 Å². The second-order valence-electron chi connectivity index (χ2n) is 5.28. The molecule has 0 radical (unpaired) electrons. The number of nitrogens with two attached hydrogens (primary N) is 1. The molecular formula is C15H22N2O2. The van der Waals surface area contributed by atoms with E-state index in [9.17, 15) is 4.79 Å². The van der Waals surface area contributed by atoms with Crippen molar-refractivity contribution >= 4 is 11.6 Å². The van der Waals surface area contributed by atoms with Gasteiger partial charge in [-0.15, -0.1) is 0 Å². The Morgan fingerprint density at radius 2 is 2.21 bits per heavy atom. The van der Waals surface area contributed by atoms with Crippen LogP contribution < -0.4 is 15.8 Å². The predicted molar refractivity (Wildman–Crippen MR) is 75.9 cm³/mol. The third kappa shape index (κ3) is 4.81. The Morgan fingerprint density at radius 1 is 1.47 bits per heavy atom. The van der Waals surface area contributed by atoms with E-state index in [2.05, 4.69) is 12.2 Å². The Hall–Kier alpha value is -1.71. The van der Waals surface area contributed by atoms with Gasteiger partial charge in [-0.1, -0.05) is 25.0 Å². The summed E-state index contributed by atoms with van der Waals surface area (Å²) in [6.45, 7) is 2.42. The summed E-state index contributed by atoms with van der Waals surface area (Å²) in [6, 6.07) is 7.58. The zero-order valence-electron chi connectivity index (χ0n) is 11.4.